The zero-order valence-corrected chi connectivity index (χ0v) is 13.4. The Morgan fingerprint density at radius 3 is 2.15 bits per heavy atom. The van der Waals surface area contributed by atoms with E-state index in [2.05, 4.69) is 49.9 Å². The highest BCUT2D eigenvalue weighted by molar-refractivity contribution is 5.23. The minimum atomic E-state index is 0.231. The highest BCUT2D eigenvalue weighted by Gasteiger charge is 2.43. The van der Waals surface area contributed by atoms with Gasteiger partial charge in [0.05, 0.1) is 0 Å². The number of benzene rings is 1. The molecule has 1 aromatic carbocycles. The van der Waals surface area contributed by atoms with Gasteiger partial charge in [-0.3, -0.25) is 4.90 Å². The predicted molar refractivity (Wildman–Crippen MR) is 87.0 cm³/mol. The summed E-state index contributed by atoms with van der Waals surface area (Å²) in [5.74, 6) is 0. The molecule has 1 unspecified atom stereocenters. The first-order valence-electron chi connectivity index (χ1n) is 8.18. The van der Waals surface area contributed by atoms with Crippen LogP contribution in [-0.4, -0.2) is 29.6 Å². The second-order valence-electron chi connectivity index (χ2n) is 6.28. The van der Waals surface area contributed by atoms with E-state index in [-0.39, 0.29) is 11.6 Å². The van der Waals surface area contributed by atoms with E-state index in [4.69, 9.17) is 5.73 Å². The van der Waals surface area contributed by atoms with Crippen molar-refractivity contribution in [3.63, 3.8) is 0 Å². The topological polar surface area (TPSA) is 29.3 Å². The van der Waals surface area contributed by atoms with E-state index in [1.165, 1.54) is 36.8 Å². The summed E-state index contributed by atoms with van der Waals surface area (Å²) < 4.78 is 0. The normalized spacial score (nSPS) is 19.4. The molecule has 1 saturated carbocycles. The van der Waals surface area contributed by atoms with Crippen molar-refractivity contribution in [1.82, 2.24) is 4.90 Å². The van der Waals surface area contributed by atoms with Crippen LogP contribution in [0.4, 0.5) is 0 Å². The fourth-order valence-corrected chi connectivity index (χ4v) is 3.93. The van der Waals surface area contributed by atoms with Gasteiger partial charge < -0.3 is 5.73 Å². The molecule has 0 bridgehead atoms. The first-order chi connectivity index (χ1) is 9.62. The lowest BCUT2D eigenvalue weighted by molar-refractivity contribution is 0.0772. The first kappa shape index (κ1) is 15.5. The molecule has 1 atom stereocenters. The van der Waals surface area contributed by atoms with Crippen LogP contribution in [0, 0.1) is 6.92 Å². The van der Waals surface area contributed by atoms with Crippen LogP contribution in [0.15, 0.2) is 24.3 Å². The third kappa shape index (κ3) is 3.07. The summed E-state index contributed by atoms with van der Waals surface area (Å²) in [5, 5.41) is 0. The van der Waals surface area contributed by atoms with Crippen LogP contribution in [0.25, 0.3) is 0 Å². The zero-order valence-electron chi connectivity index (χ0n) is 13.4. The number of likely N-dealkylation sites (N-methyl/N-ethyl adjacent to an activating group) is 1. The van der Waals surface area contributed by atoms with Crippen molar-refractivity contribution >= 4 is 0 Å². The lowest BCUT2D eigenvalue weighted by Crippen LogP contribution is -2.59. The van der Waals surface area contributed by atoms with Gasteiger partial charge in [0.25, 0.3) is 0 Å². The van der Waals surface area contributed by atoms with Gasteiger partial charge in [-0.25, -0.2) is 0 Å². The summed E-state index contributed by atoms with van der Waals surface area (Å²) in [5.41, 5.74) is 9.62. The van der Waals surface area contributed by atoms with E-state index >= 15 is 0 Å². The monoisotopic (exact) mass is 274 g/mol. The maximum absolute atomic E-state index is 6.69. The number of nitrogens with two attached hydrogens (primary N) is 1. The fourth-order valence-electron chi connectivity index (χ4n) is 3.93. The molecule has 0 aliphatic heterocycles. The second-order valence-corrected chi connectivity index (χ2v) is 6.28. The van der Waals surface area contributed by atoms with Gasteiger partial charge in [-0.05, 0) is 44.8 Å². The Bertz CT molecular complexity index is 400. The second kappa shape index (κ2) is 6.73. The van der Waals surface area contributed by atoms with Crippen LogP contribution < -0.4 is 5.73 Å². The molecule has 20 heavy (non-hydrogen) atoms. The average Bonchev–Trinajstić information content (AvgIpc) is 2.93. The smallest absolute Gasteiger partial charge is 0.0363 e. The molecule has 112 valence electrons. The van der Waals surface area contributed by atoms with Gasteiger partial charge >= 0.3 is 0 Å². The molecular weight excluding hydrogens is 244 g/mol. The Morgan fingerprint density at radius 1 is 1.10 bits per heavy atom. The van der Waals surface area contributed by atoms with Crippen LogP contribution in [-0.2, 0) is 6.42 Å². The highest BCUT2D eigenvalue weighted by Crippen LogP contribution is 2.38. The summed E-state index contributed by atoms with van der Waals surface area (Å²) in [6.07, 6.45) is 6.19. The number of rotatable bonds is 6. The summed E-state index contributed by atoms with van der Waals surface area (Å²) in [4.78, 5) is 2.61. The Hall–Kier alpha value is -0.860. The summed E-state index contributed by atoms with van der Waals surface area (Å²) in [7, 11) is 0. The molecule has 0 heterocycles. The van der Waals surface area contributed by atoms with Crippen LogP contribution >= 0.6 is 0 Å². The average molecular weight is 274 g/mol. The van der Waals surface area contributed by atoms with E-state index < -0.39 is 0 Å². The molecule has 2 rings (SSSR count). The van der Waals surface area contributed by atoms with Gasteiger partial charge in [-0.2, -0.15) is 0 Å². The van der Waals surface area contributed by atoms with Crippen molar-refractivity contribution in [1.29, 1.82) is 0 Å². The van der Waals surface area contributed by atoms with Crippen LogP contribution in [0.1, 0.15) is 50.7 Å². The molecule has 2 heteroatoms. The van der Waals surface area contributed by atoms with Crippen LogP contribution in [0.3, 0.4) is 0 Å². The van der Waals surface area contributed by atoms with E-state index in [0.717, 1.165) is 19.5 Å². The largest absolute Gasteiger partial charge is 0.326 e. The molecule has 1 aromatic rings. The van der Waals surface area contributed by atoms with Gasteiger partial charge in [-0.1, -0.05) is 56.5 Å². The Balaban J connectivity index is 2.14. The molecule has 1 fully saturated rings. The molecule has 0 saturated heterocycles. The Morgan fingerprint density at radius 2 is 1.65 bits per heavy atom. The lowest BCUT2D eigenvalue weighted by Gasteiger charge is -2.45. The van der Waals surface area contributed by atoms with E-state index in [0.29, 0.717) is 0 Å². The third-order valence-electron chi connectivity index (χ3n) is 5.13. The maximum Gasteiger partial charge on any atom is 0.0363 e. The predicted octanol–water partition coefficient (Wildman–Crippen LogP) is 3.52. The minimum absolute atomic E-state index is 0.231. The quantitative estimate of drug-likeness (QED) is 0.860. The molecule has 0 aromatic heterocycles. The molecular formula is C18H30N2. The molecule has 0 spiro atoms. The van der Waals surface area contributed by atoms with Crippen LogP contribution in [0.5, 0.6) is 0 Å². The standard InChI is InChI=1S/C18H30N2/c1-4-20(5-2)18(12-6-7-13-18)17(19)14-16-10-8-15(3)9-11-16/h8-11,17H,4-7,12-14,19H2,1-3H3. The van der Waals surface area contributed by atoms with Crippen molar-refractivity contribution in [3.05, 3.63) is 35.4 Å². The summed E-state index contributed by atoms with van der Waals surface area (Å²) in [6.45, 7) is 8.89. The third-order valence-corrected chi connectivity index (χ3v) is 5.13. The molecule has 2 nitrogen and oxygen atoms in total. The van der Waals surface area contributed by atoms with E-state index in [1.54, 1.807) is 0 Å². The summed E-state index contributed by atoms with van der Waals surface area (Å²) >= 11 is 0. The van der Waals surface area contributed by atoms with Crippen molar-refractivity contribution < 1.29 is 0 Å². The van der Waals surface area contributed by atoms with Crippen molar-refractivity contribution in [2.45, 2.75) is 64.5 Å². The molecule has 1 aliphatic rings. The summed E-state index contributed by atoms with van der Waals surface area (Å²) in [6, 6.07) is 9.11. The Labute approximate surface area is 124 Å². The molecule has 2 N–H and O–H groups in total. The van der Waals surface area contributed by atoms with Gasteiger partial charge in [-0.15, -0.1) is 0 Å². The number of nitrogens with zero attached hydrogens (tertiary/aromatic N) is 1. The molecule has 1 aliphatic carbocycles. The minimum Gasteiger partial charge on any atom is -0.326 e. The van der Waals surface area contributed by atoms with Crippen molar-refractivity contribution in [3.8, 4) is 0 Å². The highest BCUT2D eigenvalue weighted by atomic mass is 15.2. The van der Waals surface area contributed by atoms with Gasteiger partial charge in [0.1, 0.15) is 0 Å². The van der Waals surface area contributed by atoms with E-state index in [9.17, 15) is 0 Å². The molecule has 0 radical (unpaired) electrons. The maximum atomic E-state index is 6.69. The lowest BCUT2D eigenvalue weighted by atomic mass is 9.83. The number of hydrogen-bond acceptors (Lipinski definition) is 2. The van der Waals surface area contributed by atoms with Gasteiger partial charge in [0, 0.05) is 11.6 Å². The van der Waals surface area contributed by atoms with Gasteiger partial charge in [0.15, 0.2) is 0 Å². The SMILES string of the molecule is CCN(CC)C1(C(N)Cc2ccc(C)cc2)CCCC1. The fraction of sp³-hybridized carbons (Fsp3) is 0.667. The van der Waals surface area contributed by atoms with E-state index in [1.807, 2.05) is 0 Å². The van der Waals surface area contributed by atoms with Crippen molar-refractivity contribution in [2.75, 3.05) is 13.1 Å². The number of hydrogen-bond donors (Lipinski definition) is 1. The van der Waals surface area contributed by atoms with Gasteiger partial charge in [0.2, 0.25) is 0 Å². The number of aryl methyl sites for hydroxylation is 1. The van der Waals surface area contributed by atoms with Crippen LogP contribution in [0.2, 0.25) is 0 Å². The first-order valence-corrected chi connectivity index (χ1v) is 8.18. The zero-order chi connectivity index (χ0) is 14.6. The molecule has 0 amide bonds. The Kier molecular flexibility index (Phi) is 5.22. The van der Waals surface area contributed by atoms with Crippen molar-refractivity contribution in [2.24, 2.45) is 5.73 Å².